The van der Waals surface area contributed by atoms with Crippen LogP contribution in [0.5, 0.6) is 0 Å². The van der Waals surface area contributed by atoms with E-state index in [9.17, 15) is 24.0 Å². The van der Waals surface area contributed by atoms with Crippen molar-refractivity contribution in [3.63, 3.8) is 0 Å². The van der Waals surface area contributed by atoms with E-state index in [4.69, 9.17) is 29.2 Å². The van der Waals surface area contributed by atoms with E-state index in [1.807, 2.05) is 0 Å². The molecule has 0 aromatic rings. The topological polar surface area (TPSA) is 172 Å². The zero-order valence-corrected chi connectivity index (χ0v) is 17.5. The van der Waals surface area contributed by atoms with Crippen molar-refractivity contribution in [1.82, 2.24) is 0 Å². The highest BCUT2D eigenvalue weighted by molar-refractivity contribution is 5.81. The molecule has 0 aliphatic rings. The first kappa shape index (κ1) is 27.3. The molecule has 12 nitrogen and oxygen atoms in total. The molecule has 0 heterocycles. The van der Waals surface area contributed by atoms with Crippen LogP contribution in [0.15, 0.2) is 0 Å². The molecule has 0 saturated heterocycles. The summed E-state index contributed by atoms with van der Waals surface area (Å²) in [5, 5.41) is 18.2. The van der Waals surface area contributed by atoms with Crippen molar-refractivity contribution in [2.45, 2.75) is 71.6 Å². The summed E-state index contributed by atoms with van der Waals surface area (Å²) >= 11 is 0. The number of hydrogen-bond acceptors (Lipinski definition) is 12. The molecule has 12 heteroatoms. The van der Waals surface area contributed by atoms with Gasteiger partial charge in [-0.3, -0.25) is 4.79 Å². The molecule has 0 fully saturated rings. The number of carbonyl (C=O) groups is 5. The van der Waals surface area contributed by atoms with Crippen LogP contribution >= 0.6 is 0 Å². The number of esters is 5. The molecule has 0 saturated carbocycles. The van der Waals surface area contributed by atoms with Gasteiger partial charge in [-0.2, -0.15) is 0 Å². The third kappa shape index (κ3) is 10.7. The van der Waals surface area contributed by atoms with E-state index in [-0.39, 0.29) is 6.42 Å². The van der Waals surface area contributed by atoms with Gasteiger partial charge in [0.25, 0.3) is 0 Å². The Balaban J connectivity index is 4.89. The summed E-state index contributed by atoms with van der Waals surface area (Å²) in [6.07, 6.45) is -6.83. The zero-order chi connectivity index (χ0) is 23.4. The van der Waals surface area contributed by atoms with Crippen LogP contribution in [0.2, 0.25) is 0 Å². The van der Waals surface area contributed by atoms with Gasteiger partial charge in [0.05, 0.1) is 0 Å². The summed E-state index contributed by atoms with van der Waals surface area (Å²) in [4.78, 5) is 58.0. The summed E-state index contributed by atoms with van der Waals surface area (Å²) in [6.45, 7) is 5.24. The van der Waals surface area contributed by atoms with Crippen LogP contribution in [0.4, 0.5) is 0 Å². The van der Waals surface area contributed by atoms with Gasteiger partial charge in [-0.15, -0.1) is 0 Å². The molecule has 0 amide bonds. The summed E-state index contributed by atoms with van der Waals surface area (Å²) in [5.74, 6) is -4.72. The van der Waals surface area contributed by atoms with Crippen LogP contribution in [0, 0.1) is 0 Å². The molecule has 172 valence electrons. The van der Waals surface area contributed by atoms with Crippen LogP contribution in [0.1, 0.15) is 41.0 Å². The molecule has 0 aliphatic carbocycles. The smallest absolute Gasteiger partial charge is 0.347 e. The van der Waals surface area contributed by atoms with E-state index in [1.54, 1.807) is 6.92 Å². The van der Waals surface area contributed by atoms with Crippen molar-refractivity contribution < 1.29 is 57.9 Å². The Morgan fingerprint density at radius 3 is 1.53 bits per heavy atom. The van der Waals surface area contributed by atoms with E-state index >= 15 is 0 Å². The fourth-order valence-corrected chi connectivity index (χ4v) is 1.60. The first-order chi connectivity index (χ1) is 13.9. The lowest BCUT2D eigenvalue weighted by atomic mass is 10.3. The van der Waals surface area contributed by atoms with Crippen molar-refractivity contribution in [2.24, 2.45) is 0 Å². The summed E-state index contributed by atoms with van der Waals surface area (Å²) in [6, 6.07) is 0. The second-order valence-corrected chi connectivity index (χ2v) is 6.24. The molecule has 0 aromatic carbocycles. The van der Waals surface area contributed by atoms with Gasteiger partial charge in [0.2, 0.25) is 0 Å². The summed E-state index contributed by atoms with van der Waals surface area (Å²) in [7, 11) is 0. The van der Waals surface area contributed by atoms with Gasteiger partial charge < -0.3 is 33.9 Å². The maximum absolute atomic E-state index is 12.1. The highest BCUT2D eigenvalue weighted by Crippen LogP contribution is 2.06. The predicted octanol–water partition coefficient (Wildman–Crippen LogP) is -0.980. The minimum Gasteiger partial charge on any atom is -0.462 e. The quantitative estimate of drug-likeness (QED) is 0.283. The molecule has 0 spiro atoms. The fourth-order valence-electron chi connectivity index (χ4n) is 1.60. The molecule has 0 rings (SSSR count). The van der Waals surface area contributed by atoms with Gasteiger partial charge in [-0.05, 0) is 27.7 Å². The van der Waals surface area contributed by atoms with Crippen LogP contribution in [0.3, 0.4) is 0 Å². The lowest BCUT2D eigenvalue weighted by molar-refractivity contribution is -0.183. The normalized spacial score (nSPS) is 15.6. The standard InChI is InChI=1S/C18H28O12/c1-6-14(21)26-7-13(30-18(25)12(5)29-16(23)10(3)20)8-27-17(24)11(4)28-15(22)9(2)19/h9-13,19-20H,6-8H2,1-5H3/t9-,10-,11+,12+,13?/m1/s1. The van der Waals surface area contributed by atoms with E-state index in [2.05, 4.69) is 4.74 Å². The van der Waals surface area contributed by atoms with Crippen LogP contribution < -0.4 is 0 Å². The highest BCUT2D eigenvalue weighted by atomic mass is 16.6. The van der Waals surface area contributed by atoms with Crippen molar-refractivity contribution >= 4 is 29.8 Å². The van der Waals surface area contributed by atoms with Gasteiger partial charge >= 0.3 is 29.8 Å². The molecule has 0 aliphatic heterocycles. The van der Waals surface area contributed by atoms with Gasteiger partial charge in [0.15, 0.2) is 18.3 Å². The second kappa shape index (κ2) is 13.5. The van der Waals surface area contributed by atoms with Gasteiger partial charge in [-0.1, -0.05) is 6.92 Å². The average Bonchev–Trinajstić information content (AvgIpc) is 2.68. The predicted molar refractivity (Wildman–Crippen MR) is 96.6 cm³/mol. The minimum atomic E-state index is -1.45. The Bertz CT molecular complexity index is 612. The molecule has 0 radical (unpaired) electrons. The van der Waals surface area contributed by atoms with E-state index in [1.165, 1.54) is 13.8 Å². The van der Waals surface area contributed by atoms with Gasteiger partial charge in [0.1, 0.15) is 25.4 Å². The Kier molecular flexibility index (Phi) is 12.3. The Morgan fingerprint density at radius 1 is 0.667 bits per heavy atom. The number of aliphatic hydroxyl groups is 2. The largest absolute Gasteiger partial charge is 0.462 e. The number of hydrogen-bond donors (Lipinski definition) is 2. The number of aliphatic hydroxyl groups excluding tert-OH is 2. The molecule has 0 bridgehead atoms. The molecular formula is C18H28O12. The maximum Gasteiger partial charge on any atom is 0.347 e. The lowest BCUT2D eigenvalue weighted by Gasteiger charge is -2.21. The first-order valence-electron chi connectivity index (χ1n) is 9.18. The Morgan fingerprint density at radius 2 is 1.10 bits per heavy atom. The van der Waals surface area contributed by atoms with E-state index in [0.29, 0.717) is 0 Å². The number of rotatable bonds is 12. The monoisotopic (exact) mass is 436 g/mol. The molecule has 0 aromatic heterocycles. The summed E-state index contributed by atoms with van der Waals surface area (Å²) < 4.78 is 24.2. The first-order valence-corrected chi connectivity index (χ1v) is 9.18. The molecule has 30 heavy (non-hydrogen) atoms. The fraction of sp³-hybridized carbons (Fsp3) is 0.722. The van der Waals surface area contributed by atoms with Gasteiger partial charge in [-0.25, -0.2) is 19.2 Å². The maximum atomic E-state index is 12.1. The molecule has 1 unspecified atom stereocenters. The molecular weight excluding hydrogens is 408 g/mol. The van der Waals surface area contributed by atoms with E-state index < -0.39 is 73.6 Å². The lowest BCUT2D eigenvalue weighted by Crippen LogP contribution is -2.38. The summed E-state index contributed by atoms with van der Waals surface area (Å²) in [5.41, 5.74) is 0. The van der Waals surface area contributed by atoms with Crippen molar-refractivity contribution in [2.75, 3.05) is 13.2 Å². The third-order valence-electron chi connectivity index (χ3n) is 3.35. The van der Waals surface area contributed by atoms with Crippen molar-refractivity contribution in [3.05, 3.63) is 0 Å². The molecule has 5 atom stereocenters. The Hall–Kier alpha value is -2.73. The minimum absolute atomic E-state index is 0.0508. The second-order valence-electron chi connectivity index (χ2n) is 6.24. The zero-order valence-electron chi connectivity index (χ0n) is 17.5. The van der Waals surface area contributed by atoms with Crippen molar-refractivity contribution in [1.29, 1.82) is 0 Å². The van der Waals surface area contributed by atoms with Gasteiger partial charge in [0, 0.05) is 6.42 Å². The third-order valence-corrected chi connectivity index (χ3v) is 3.35. The average molecular weight is 436 g/mol. The SMILES string of the molecule is CCC(=O)OCC(COC(=O)[C@H](C)OC(=O)[C@@H](C)O)OC(=O)[C@H](C)OC(=O)[C@@H](C)O. The Labute approximate surface area is 173 Å². The number of ether oxygens (including phenoxy) is 5. The van der Waals surface area contributed by atoms with E-state index in [0.717, 1.165) is 13.8 Å². The van der Waals surface area contributed by atoms with Crippen molar-refractivity contribution in [3.8, 4) is 0 Å². The van der Waals surface area contributed by atoms with Crippen LogP contribution in [0.25, 0.3) is 0 Å². The highest BCUT2D eigenvalue weighted by Gasteiger charge is 2.28. The van der Waals surface area contributed by atoms with Crippen LogP contribution in [-0.2, 0) is 47.7 Å². The van der Waals surface area contributed by atoms with Crippen LogP contribution in [-0.4, -0.2) is 83.8 Å². The number of carbonyl (C=O) groups excluding carboxylic acids is 5. The molecule has 2 N–H and O–H groups in total.